The Morgan fingerprint density at radius 3 is 2.55 bits per heavy atom. The molecule has 0 unspecified atom stereocenters. The van der Waals surface area contributed by atoms with Gasteiger partial charge in [0.1, 0.15) is 5.82 Å². The highest BCUT2D eigenvalue weighted by molar-refractivity contribution is 6.02. The highest BCUT2D eigenvalue weighted by Gasteiger charge is 2.22. The Labute approximate surface area is 181 Å². The number of aromatic nitrogens is 3. The average molecular weight is 412 g/mol. The summed E-state index contributed by atoms with van der Waals surface area (Å²) in [6, 6.07) is 20.0. The molecule has 6 nitrogen and oxygen atoms in total. The van der Waals surface area contributed by atoms with Crippen molar-refractivity contribution in [2.75, 3.05) is 18.0 Å². The van der Waals surface area contributed by atoms with Crippen molar-refractivity contribution in [2.24, 2.45) is 0 Å². The van der Waals surface area contributed by atoms with Gasteiger partial charge in [0.15, 0.2) is 0 Å². The molecule has 0 atom stereocenters. The van der Waals surface area contributed by atoms with E-state index in [1.807, 2.05) is 59.4 Å². The van der Waals surface area contributed by atoms with Crippen LogP contribution in [0.3, 0.4) is 0 Å². The van der Waals surface area contributed by atoms with Crippen LogP contribution in [0, 0.1) is 0 Å². The first-order valence-electron chi connectivity index (χ1n) is 10.7. The first-order chi connectivity index (χ1) is 15.3. The van der Waals surface area contributed by atoms with Crippen LogP contribution >= 0.6 is 0 Å². The van der Waals surface area contributed by atoms with Crippen molar-refractivity contribution < 1.29 is 4.79 Å². The Kier molecular flexibility index (Phi) is 5.35. The number of hydrogen-bond acceptors (Lipinski definition) is 4. The number of pyridine rings is 1. The summed E-state index contributed by atoms with van der Waals surface area (Å²) in [5.74, 6) is 0.701. The lowest BCUT2D eigenvalue weighted by molar-refractivity contribution is 0.0951. The molecule has 0 bridgehead atoms. The van der Waals surface area contributed by atoms with Gasteiger partial charge in [-0.25, -0.2) is 4.98 Å². The number of anilines is 1. The highest BCUT2D eigenvalue weighted by atomic mass is 16.1. The van der Waals surface area contributed by atoms with Gasteiger partial charge in [0.25, 0.3) is 5.91 Å². The van der Waals surface area contributed by atoms with Crippen LogP contribution in [-0.4, -0.2) is 33.8 Å². The lowest BCUT2D eigenvalue weighted by Crippen LogP contribution is -2.28. The number of para-hydroxylation sites is 1. The predicted octanol–water partition coefficient (Wildman–Crippen LogP) is 4.01. The molecule has 156 valence electrons. The summed E-state index contributed by atoms with van der Waals surface area (Å²) in [6.45, 7) is 3.02. The first kappa shape index (κ1) is 19.3. The fourth-order valence-corrected chi connectivity index (χ4v) is 4.17. The van der Waals surface area contributed by atoms with Crippen molar-refractivity contribution in [3.05, 3.63) is 89.7 Å². The van der Waals surface area contributed by atoms with Crippen molar-refractivity contribution >= 4 is 22.6 Å². The summed E-state index contributed by atoms with van der Waals surface area (Å²) in [7, 11) is 0. The number of hydrogen-bond donors (Lipinski definition) is 1. The Bertz CT molecular complexity index is 1200. The van der Waals surface area contributed by atoms with Crippen molar-refractivity contribution in [3.63, 3.8) is 0 Å². The smallest absolute Gasteiger partial charge is 0.255 e. The Morgan fingerprint density at radius 1 is 0.968 bits per heavy atom. The minimum Gasteiger partial charge on any atom is -0.356 e. The molecule has 1 amide bonds. The molecule has 5 rings (SSSR count). The maximum absolute atomic E-state index is 13.3. The number of fused-ring (bicyclic) bond motifs is 1. The van der Waals surface area contributed by atoms with Crippen LogP contribution in [0.1, 0.15) is 34.3 Å². The van der Waals surface area contributed by atoms with Crippen molar-refractivity contribution in [1.82, 2.24) is 20.1 Å². The summed E-state index contributed by atoms with van der Waals surface area (Å²) >= 11 is 0. The molecule has 0 aliphatic carbocycles. The van der Waals surface area contributed by atoms with Crippen LogP contribution in [-0.2, 0) is 13.1 Å². The Hall–Kier alpha value is -3.67. The van der Waals surface area contributed by atoms with E-state index in [0.29, 0.717) is 18.7 Å². The van der Waals surface area contributed by atoms with E-state index in [2.05, 4.69) is 27.4 Å². The van der Waals surface area contributed by atoms with Crippen molar-refractivity contribution in [2.45, 2.75) is 25.9 Å². The molecule has 0 saturated carbocycles. The van der Waals surface area contributed by atoms with Gasteiger partial charge in [-0.2, -0.15) is 5.10 Å². The fraction of sp³-hybridized carbons (Fsp3) is 0.240. The van der Waals surface area contributed by atoms with Gasteiger partial charge < -0.3 is 10.2 Å². The third kappa shape index (κ3) is 4.14. The van der Waals surface area contributed by atoms with Crippen molar-refractivity contribution in [3.8, 4) is 0 Å². The average Bonchev–Trinajstić information content (AvgIpc) is 3.52. The molecule has 1 saturated heterocycles. The zero-order chi connectivity index (χ0) is 21.0. The zero-order valence-electron chi connectivity index (χ0n) is 17.4. The van der Waals surface area contributed by atoms with Crippen molar-refractivity contribution in [1.29, 1.82) is 0 Å². The quantitative estimate of drug-likeness (QED) is 0.521. The summed E-state index contributed by atoms with van der Waals surface area (Å²) in [5, 5.41) is 8.41. The lowest BCUT2D eigenvalue weighted by atomic mass is 10.1. The van der Waals surface area contributed by atoms with E-state index in [1.165, 1.54) is 0 Å². The summed E-state index contributed by atoms with van der Waals surface area (Å²) in [6.07, 6.45) is 5.99. The molecular weight excluding hydrogens is 386 g/mol. The molecule has 3 heterocycles. The molecule has 0 spiro atoms. The van der Waals surface area contributed by atoms with E-state index in [9.17, 15) is 4.79 Å². The number of nitrogens with zero attached hydrogens (tertiary/aromatic N) is 4. The predicted molar refractivity (Wildman–Crippen MR) is 122 cm³/mol. The zero-order valence-corrected chi connectivity index (χ0v) is 17.4. The molecule has 1 fully saturated rings. The maximum atomic E-state index is 13.3. The minimum absolute atomic E-state index is 0.0888. The maximum Gasteiger partial charge on any atom is 0.255 e. The number of rotatable bonds is 6. The number of carbonyl (C=O) groups is 1. The van der Waals surface area contributed by atoms with Gasteiger partial charge in [-0.3, -0.25) is 9.48 Å². The Balaban J connectivity index is 1.40. The van der Waals surface area contributed by atoms with E-state index in [4.69, 9.17) is 4.98 Å². The Morgan fingerprint density at radius 2 is 1.74 bits per heavy atom. The summed E-state index contributed by atoms with van der Waals surface area (Å²) in [5.41, 5.74) is 3.79. The van der Waals surface area contributed by atoms with Gasteiger partial charge >= 0.3 is 0 Å². The summed E-state index contributed by atoms with van der Waals surface area (Å²) in [4.78, 5) is 20.4. The van der Waals surface area contributed by atoms with E-state index >= 15 is 0 Å². The lowest BCUT2D eigenvalue weighted by Gasteiger charge is -2.20. The second kappa shape index (κ2) is 8.60. The molecule has 0 radical (unpaired) electrons. The van der Waals surface area contributed by atoms with Gasteiger partial charge in [0, 0.05) is 37.4 Å². The minimum atomic E-state index is -0.0888. The molecule has 1 aliphatic rings. The van der Waals surface area contributed by atoms with Gasteiger partial charge in [-0.15, -0.1) is 0 Å². The topological polar surface area (TPSA) is 63.1 Å². The summed E-state index contributed by atoms with van der Waals surface area (Å²) < 4.78 is 1.89. The van der Waals surface area contributed by atoms with E-state index < -0.39 is 0 Å². The van der Waals surface area contributed by atoms with E-state index in [0.717, 1.165) is 53.8 Å². The largest absolute Gasteiger partial charge is 0.356 e. The van der Waals surface area contributed by atoms with Gasteiger partial charge in [0.05, 0.1) is 17.6 Å². The third-order valence-electron chi connectivity index (χ3n) is 5.80. The standard InChI is InChI=1S/C25H25N5O/c31-25(26-17-20-9-1-2-10-21(20)18-30-15-7-12-27-30)22-16-19-8-3-4-11-23(19)28-24(22)29-13-5-6-14-29/h1-4,7-12,15-16H,5-6,13-14,17-18H2,(H,26,31). The molecule has 6 heteroatoms. The molecular formula is C25H25N5O. The molecule has 1 N–H and O–H groups in total. The van der Waals surface area contributed by atoms with Crippen LogP contribution < -0.4 is 10.2 Å². The molecule has 4 aromatic rings. The molecule has 2 aromatic carbocycles. The van der Waals surface area contributed by atoms with Gasteiger partial charge in [0.2, 0.25) is 0 Å². The van der Waals surface area contributed by atoms with Gasteiger partial charge in [-0.05, 0) is 42.2 Å². The monoisotopic (exact) mass is 411 g/mol. The normalized spacial score (nSPS) is 13.6. The fourth-order valence-electron chi connectivity index (χ4n) is 4.17. The molecule has 2 aromatic heterocycles. The second-order valence-corrected chi connectivity index (χ2v) is 7.90. The van der Waals surface area contributed by atoms with Crippen LogP contribution in [0.2, 0.25) is 0 Å². The van der Waals surface area contributed by atoms with Crippen LogP contribution in [0.5, 0.6) is 0 Å². The second-order valence-electron chi connectivity index (χ2n) is 7.90. The number of nitrogens with one attached hydrogen (secondary N) is 1. The van der Waals surface area contributed by atoms with Crippen LogP contribution in [0.15, 0.2) is 73.1 Å². The van der Waals surface area contributed by atoms with E-state index in [1.54, 1.807) is 6.20 Å². The van der Waals surface area contributed by atoms with E-state index in [-0.39, 0.29) is 5.91 Å². The van der Waals surface area contributed by atoms with Crippen LogP contribution in [0.25, 0.3) is 10.9 Å². The number of benzene rings is 2. The SMILES string of the molecule is O=C(NCc1ccccc1Cn1cccn1)c1cc2ccccc2nc1N1CCCC1. The van der Waals surface area contributed by atoms with Crippen LogP contribution in [0.4, 0.5) is 5.82 Å². The number of carbonyl (C=O) groups excluding carboxylic acids is 1. The highest BCUT2D eigenvalue weighted by Crippen LogP contribution is 2.26. The number of amides is 1. The first-order valence-corrected chi connectivity index (χ1v) is 10.7. The third-order valence-corrected chi connectivity index (χ3v) is 5.80. The van der Waals surface area contributed by atoms with Gasteiger partial charge in [-0.1, -0.05) is 42.5 Å². The molecule has 1 aliphatic heterocycles. The molecule has 31 heavy (non-hydrogen) atoms.